The van der Waals surface area contributed by atoms with Crippen LogP contribution in [0.4, 0.5) is 5.69 Å². The van der Waals surface area contributed by atoms with Crippen LogP contribution < -0.4 is 4.90 Å². The van der Waals surface area contributed by atoms with Crippen LogP contribution in [0.3, 0.4) is 0 Å². The molecule has 1 aromatic rings. The summed E-state index contributed by atoms with van der Waals surface area (Å²) in [5, 5.41) is 8.91. The Morgan fingerprint density at radius 3 is 2.65 bits per heavy atom. The molecule has 0 aliphatic carbocycles. The summed E-state index contributed by atoms with van der Waals surface area (Å²) in [6, 6.07) is 7.86. The summed E-state index contributed by atoms with van der Waals surface area (Å²) in [5.74, 6) is 0.134. The van der Waals surface area contributed by atoms with E-state index in [1.54, 1.807) is 4.90 Å². The van der Waals surface area contributed by atoms with Crippen LogP contribution in [0.1, 0.15) is 31.7 Å². The second kappa shape index (κ2) is 7.07. The van der Waals surface area contributed by atoms with Crippen LogP contribution in [0.5, 0.6) is 0 Å². The summed E-state index contributed by atoms with van der Waals surface area (Å²) in [6.45, 7) is 4.70. The molecule has 0 heterocycles. The molecule has 1 amide bonds. The van der Waals surface area contributed by atoms with Crippen molar-refractivity contribution in [3.8, 4) is 0 Å². The van der Waals surface area contributed by atoms with Gasteiger partial charge in [-0.2, -0.15) is 0 Å². The predicted octanol–water partition coefficient (Wildman–Crippen LogP) is 2.51. The highest BCUT2D eigenvalue weighted by Gasteiger charge is 2.15. The fraction of sp³-hybridized carbons (Fsp3) is 0.500. The minimum atomic E-state index is 0.113. The zero-order valence-electron chi connectivity index (χ0n) is 10.6. The molecule has 1 N–H and O–H groups in total. The third-order valence-corrected chi connectivity index (χ3v) is 2.71. The standard InChI is InChI=1S/C14H21NO2/c1-3-7-14(17)15(10-6-11-16)13-9-5-4-8-12(13)2/h4-5,8-9,16H,3,6-7,10-11H2,1-2H3. The van der Waals surface area contributed by atoms with E-state index in [2.05, 4.69) is 0 Å². The molecule has 0 atom stereocenters. The Morgan fingerprint density at radius 2 is 2.06 bits per heavy atom. The molecule has 0 saturated heterocycles. The molecule has 0 bridgehead atoms. The van der Waals surface area contributed by atoms with E-state index >= 15 is 0 Å². The Balaban J connectivity index is 2.89. The average molecular weight is 235 g/mol. The van der Waals surface area contributed by atoms with E-state index in [4.69, 9.17) is 5.11 Å². The van der Waals surface area contributed by atoms with Crippen LogP contribution in [0, 0.1) is 6.92 Å². The maximum Gasteiger partial charge on any atom is 0.226 e. The van der Waals surface area contributed by atoms with E-state index in [0.29, 0.717) is 19.4 Å². The van der Waals surface area contributed by atoms with Crippen molar-refractivity contribution in [2.45, 2.75) is 33.1 Å². The average Bonchev–Trinajstić information content (AvgIpc) is 2.32. The first kappa shape index (κ1) is 13.7. The first-order valence-electron chi connectivity index (χ1n) is 6.17. The third kappa shape index (κ3) is 3.86. The zero-order chi connectivity index (χ0) is 12.7. The number of rotatable bonds is 6. The Labute approximate surface area is 103 Å². The molecule has 3 nitrogen and oxygen atoms in total. The van der Waals surface area contributed by atoms with Gasteiger partial charge < -0.3 is 10.0 Å². The van der Waals surface area contributed by atoms with Gasteiger partial charge in [-0.05, 0) is 31.4 Å². The number of carbonyl (C=O) groups excluding carboxylic acids is 1. The molecular formula is C14H21NO2. The Hall–Kier alpha value is -1.35. The first-order chi connectivity index (χ1) is 8.20. The minimum absolute atomic E-state index is 0.113. The predicted molar refractivity (Wildman–Crippen MR) is 70.1 cm³/mol. The highest BCUT2D eigenvalue weighted by molar-refractivity contribution is 5.94. The maximum atomic E-state index is 12.0. The van der Waals surface area contributed by atoms with Crippen LogP contribution in [-0.4, -0.2) is 24.2 Å². The van der Waals surface area contributed by atoms with Crippen molar-refractivity contribution in [1.82, 2.24) is 0 Å². The van der Waals surface area contributed by atoms with Crippen molar-refractivity contribution in [3.05, 3.63) is 29.8 Å². The summed E-state index contributed by atoms with van der Waals surface area (Å²) in [7, 11) is 0. The van der Waals surface area contributed by atoms with Gasteiger partial charge in [0.15, 0.2) is 0 Å². The first-order valence-corrected chi connectivity index (χ1v) is 6.17. The molecular weight excluding hydrogens is 214 g/mol. The van der Waals surface area contributed by atoms with Gasteiger partial charge in [0.2, 0.25) is 5.91 Å². The second-order valence-corrected chi connectivity index (χ2v) is 4.16. The topological polar surface area (TPSA) is 40.5 Å². The zero-order valence-corrected chi connectivity index (χ0v) is 10.6. The lowest BCUT2D eigenvalue weighted by atomic mass is 10.1. The molecule has 3 heteroatoms. The smallest absolute Gasteiger partial charge is 0.226 e. The number of benzene rings is 1. The second-order valence-electron chi connectivity index (χ2n) is 4.16. The molecule has 0 aromatic heterocycles. The Kier molecular flexibility index (Phi) is 5.70. The molecule has 1 rings (SSSR count). The molecule has 17 heavy (non-hydrogen) atoms. The van der Waals surface area contributed by atoms with E-state index in [1.165, 1.54) is 0 Å². The number of nitrogens with zero attached hydrogens (tertiary/aromatic N) is 1. The lowest BCUT2D eigenvalue weighted by molar-refractivity contribution is -0.118. The van der Waals surface area contributed by atoms with Gasteiger partial charge in [0.1, 0.15) is 0 Å². The number of para-hydroxylation sites is 1. The van der Waals surface area contributed by atoms with Gasteiger partial charge in [-0.1, -0.05) is 25.1 Å². The van der Waals surface area contributed by atoms with Crippen LogP contribution in [-0.2, 0) is 4.79 Å². The minimum Gasteiger partial charge on any atom is -0.396 e. The molecule has 94 valence electrons. The number of carbonyl (C=O) groups is 1. The Morgan fingerprint density at radius 1 is 1.35 bits per heavy atom. The number of hydrogen-bond donors (Lipinski definition) is 1. The van der Waals surface area contributed by atoms with Gasteiger partial charge in [0.25, 0.3) is 0 Å². The number of aryl methyl sites for hydroxylation is 1. The van der Waals surface area contributed by atoms with Gasteiger partial charge in [-0.15, -0.1) is 0 Å². The SMILES string of the molecule is CCCC(=O)N(CCCO)c1ccccc1C. The lowest BCUT2D eigenvalue weighted by Crippen LogP contribution is -2.32. The highest BCUT2D eigenvalue weighted by Crippen LogP contribution is 2.20. The molecule has 0 saturated carbocycles. The van der Waals surface area contributed by atoms with Crippen molar-refractivity contribution in [2.24, 2.45) is 0 Å². The van der Waals surface area contributed by atoms with Crippen molar-refractivity contribution in [3.63, 3.8) is 0 Å². The summed E-state index contributed by atoms with van der Waals surface area (Å²) >= 11 is 0. The quantitative estimate of drug-likeness (QED) is 0.823. The number of anilines is 1. The van der Waals surface area contributed by atoms with Gasteiger partial charge >= 0.3 is 0 Å². The van der Waals surface area contributed by atoms with Crippen molar-refractivity contribution in [1.29, 1.82) is 0 Å². The number of amides is 1. The molecule has 0 spiro atoms. The van der Waals surface area contributed by atoms with E-state index in [0.717, 1.165) is 17.7 Å². The fourth-order valence-corrected chi connectivity index (χ4v) is 1.82. The highest BCUT2D eigenvalue weighted by atomic mass is 16.3. The number of hydrogen-bond acceptors (Lipinski definition) is 2. The fourth-order valence-electron chi connectivity index (χ4n) is 1.82. The van der Waals surface area contributed by atoms with Gasteiger partial charge in [0, 0.05) is 25.3 Å². The van der Waals surface area contributed by atoms with Crippen LogP contribution in [0.2, 0.25) is 0 Å². The molecule has 0 aliphatic rings. The van der Waals surface area contributed by atoms with Crippen LogP contribution in [0.25, 0.3) is 0 Å². The maximum absolute atomic E-state index is 12.0. The normalized spacial score (nSPS) is 10.3. The van der Waals surface area contributed by atoms with E-state index in [-0.39, 0.29) is 12.5 Å². The molecule has 0 radical (unpaired) electrons. The van der Waals surface area contributed by atoms with Gasteiger partial charge in [-0.25, -0.2) is 0 Å². The van der Waals surface area contributed by atoms with Gasteiger partial charge in [-0.3, -0.25) is 4.79 Å². The van der Waals surface area contributed by atoms with Crippen molar-refractivity contribution >= 4 is 11.6 Å². The third-order valence-electron chi connectivity index (χ3n) is 2.71. The van der Waals surface area contributed by atoms with Gasteiger partial charge in [0.05, 0.1) is 0 Å². The van der Waals surface area contributed by atoms with Crippen molar-refractivity contribution in [2.75, 3.05) is 18.1 Å². The number of aliphatic hydroxyl groups is 1. The largest absolute Gasteiger partial charge is 0.396 e. The molecule has 1 aromatic carbocycles. The van der Waals surface area contributed by atoms with E-state index in [9.17, 15) is 4.79 Å². The summed E-state index contributed by atoms with van der Waals surface area (Å²) < 4.78 is 0. The van der Waals surface area contributed by atoms with E-state index in [1.807, 2.05) is 38.1 Å². The van der Waals surface area contributed by atoms with Crippen molar-refractivity contribution < 1.29 is 9.90 Å². The molecule has 0 fully saturated rings. The lowest BCUT2D eigenvalue weighted by Gasteiger charge is -2.24. The summed E-state index contributed by atoms with van der Waals surface area (Å²) in [5.41, 5.74) is 2.05. The Bertz CT molecular complexity index is 363. The molecule has 0 aliphatic heterocycles. The van der Waals surface area contributed by atoms with E-state index < -0.39 is 0 Å². The number of aliphatic hydroxyl groups excluding tert-OH is 1. The van der Waals surface area contributed by atoms with Crippen LogP contribution in [0.15, 0.2) is 24.3 Å². The van der Waals surface area contributed by atoms with Crippen LogP contribution >= 0.6 is 0 Å². The summed E-state index contributed by atoms with van der Waals surface area (Å²) in [4.78, 5) is 13.8. The summed E-state index contributed by atoms with van der Waals surface area (Å²) in [6.07, 6.45) is 2.02. The monoisotopic (exact) mass is 235 g/mol. The molecule has 0 unspecified atom stereocenters.